The molecule has 0 saturated carbocycles. The molecule has 4 nitrogen and oxygen atoms in total. The third-order valence-corrected chi connectivity index (χ3v) is 2.42. The highest BCUT2D eigenvalue weighted by atomic mass is 19.1. The maximum Gasteiger partial charge on any atom is 0.148 e. The summed E-state index contributed by atoms with van der Waals surface area (Å²) in [6.45, 7) is 2.65. The summed E-state index contributed by atoms with van der Waals surface area (Å²) >= 11 is 0. The summed E-state index contributed by atoms with van der Waals surface area (Å²) in [6.07, 6.45) is 3.59. The van der Waals surface area contributed by atoms with Crippen molar-refractivity contribution in [3.63, 3.8) is 0 Å². The lowest BCUT2D eigenvalue weighted by molar-refractivity contribution is 0.555. The number of halogens is 1. The van der Waals surface area contributed by atoms with Crippen molar-refractivity contribution in [1.29, 1.82) is 0 Å². The van der Waals surface area contributed by atoms with Gasteiger partial charge >= 0.3 is 0 Å². The number of nitrogens with zero attached hydrogens (tertiary/aromatic N) is 2. The second-order valence-electron chi connectivity index (χ2n) is 4.01. The Morgan fingerprint density at radius 2 is 2.35 bits per heavy atom. The standard InChI is InChI=1S/C12H15FN4/c1-9(8-17-6-2-5-15-17)16-12-4-3-10(14)7-11(12)13/h2-7,9,16H,8,14H2,1H3. The van der Waals surface area contributed by atoms with E-state index >= 15 is 0 Å². The molecule has 1 aromatic heterocycles. The first kappa shape index (κ1) is 11.4. The molecule has 0 saturated heterocycles. The summed E-state index contributed by atoms with van der Waals surface area (Å²) in [4.78, 5) is 0. The van der Waals surface area contributed by atoms with E-state index in [1.807, 2.05) is 19.2 Å². The summed E-state index contributed by atoms with van der Waals surface area (Å²) in [7, 11) is 0. The Morgan fingerprint density at radius 1 is 1.53 bits per heavy atom. The van der Waals surface area contributed by atoms with Crippen molar-refractivity contribution in [2.24, 2.45) is 0 Å². The van der Waals surface area contributed by atoms with E-state index in [0.29, 0.717) is 17.9 Å². The Bertz CT molecular complexity index is 481. The fourth-order valence-electron chi connectivity index (χ4n) is 1.65. The first-order chi connectivity index (χ1) is 8.15. The van der Waals surface area contributed by atoms with Crippen LogP contribution in [0.3, 0.4) is 0 Å². The van der Waals surface area contributed by atoms with Gasteiger partial charge in [-0.1, -0.05) is 0 Å². The van der Waals surface area contributed by atoms with Gasteiger partial charge in [-0.3, -0.25) is 4.68 Å². The van der Waals surface area contributed by atoms with Gasteiger partial charge in [-0.15, -0.1) is 0 Å². The SMILES string of the molecule is CC(Cn1cccn1)Nc1ccc(N)cc1F. The second kappa shape index (κ2) is 4.86. The average Bonchev–Trinajstić information content (AvgIpc) is 2.75. The highest BCUT2D eigenvalue weighted by molar-refractivity contribution is 5.52. The number of aromatic nitrogens is 2. The van der Waals surface area contributed by atoms with Crippen LogP contribution in [0.15, 0.2) is 36.7 Å². The van der Waals surface area contributed by atoms with Crippen molar-refractivity contribution in [2.75, 3.05) is 11.1 Å². The van der Waals surface area contributed by atoms with Gasteiger partial charge in [0.15, 0.2) is 0 Å². The molecule has 0 radical (unpaired) electrons. The number of rotatable bonds is 4. The van der Waals surface area contributed by atoms with E-state index in [9.17, 15) is 4.39 Å². The number of nitrogen functional groups attached to an aromatic ring is 1. The molecule has 2 aromatic rings. The zero-order valence-electron chi connectivity index (χ0n) is 9.60. The van der Waals surface area contributed by atoms with Crippen LogP contribution in [0.25, 0.3) is 0 Å². The van der Waals surface area contributed by atoms with E-state index < -0.39 is 0 Å². The zero-order valence-corrected chi connectivity index (χ0v) is 9.60. The van der Waals surface area contributed by atoms with Crippen molar-refractivity contribution in [3.8, 4) is 0 Å². The van der Waals surface area contributed by atoms with E-state index in [1.165, 1.54) is 6.07 Å². The lowest BCUT2D eigenvalue weighted by Crippen LogP contribution is -2.22. The van der Waals surface area contributed by atoms with Gasteiger partial charge in [-0.05, 0) is 31.2 Å². The van der Waals surface area contributed by atoms with Crippen LogP contribution in [0, 0.1) is 5.82 Å². The van der Waals surface area contributed by atoms with Crippen LogP contribution in [0.5, 0.6) is 0 Å². The van der Waals surface area contributed by atoms with E-state index in [2.05, 4.69) is 10.4 Å². The molecule has 1 aromatic carbocycles. The minimum atomic E-state index is -0.336. The molecule has 1 atom stereocenters. The van der Waals surface area contributed by atoms with E-state index in [1.54, 1.807) is 23.0 Å². The normalized spacial score (nSPS) is 12.4. The third-order valence-electron chi connectivity index (χ3n) is 2.42. The molecule has 90 valence electrons. The molecule has 1 unspecified atom stereocenters. The molecule has 2 rings (SSSR count). The molecule has 0 fully saturated rings. The molecule has 5 heteroatoms. The Kier molecular flexibility index (Phi) is 3.27. The lowest BCUT2D eigenvalue weighted by atomic mass is 10.2. The van der Waals surface area contributed by atoms with E-state index in [-0.39, 0.29) is 11.9 Å². The highest BCUT2D eigenvalue weighted by Gasteiger charge is 2.07. The smallest absolute Gasteiger partial charge is 0.148 e. The van der Waals surface area contributed by atoms with Gasteiger partial charge in [0.25, 0.3) is 0 Å². The second-order valence-corrected chi connectivity index (χ2v) is 4.01. The molecule has 0 spiro atoms. The van der Waals surface area contributed by atoms with Crippen molar-refractivity contribution in [3.05, 3.63) is 42.5 Å². The maximum absolute atomic E-state index is 13.5. The van der Waals surface area contributed by atoms with Crippen LogP contribution in [-0.4, -0.2) is 15.8 Å². The first-order valence-electron chi connectivity index (χ1n) is 5.44. The van der Waals surface area contributed by atoms with Gasteiger partial charge in [0.05, 0.1) is 12.2 Å². The lowest BCUT2D eigenvalue weighted by Gasteiger charge is -2.16. The zero-order chi connectivity index (χ0) is 12.3. The predicted octanol–water partition coefficient (Wildman–Crippen LogP) is 2.10. The Morgan fingerprint density at radius 3 is 3.00 bits per heavy atom. The Labute approximate surface area is 99.2 Å². The third kappa shape index (κ3) is 2.96. The van der Waals surface area contributed by atoms with Crippen LogP contribution in [0.2, 0.25) is 0 Å². The number of hydrogen-bond donors (Lipinski definition) is 2. The van der Waals surface area contributed by atoms with Crippen molar-refractivity contribution in [1.82, 2.24) is 9.78 Å². The van der Waals surface area contributed by atoms with E-state index in [0.717, 1.165) is 0 Å². The molecule has 0 aliphatic heterocycles. The number of hydrogen-bond acceptors (Lipinski definition) is 3. The topological polar surface area (TPSA) is 55.9 Å². The maximum atomic E-state index is 13.5. The first-order valence-corrected chi connectivity index (χ1v) is 5.44. The van der Waals surface area contributed by atoms with Gasteiger partial charge in [-0.25, -0.2) is 4.39 Å². The summed E-state index contributed by atoms with van der Waals surface area (Å²) in [5.41, 5.74) is 6.37. The predicted molar refractivity (Wildman–Crippen MR) is 66.1 cm³/mol. The quantitative estimate of drug-likeness (QED) is 0.796. The largest absolute Gasteiger partial charge is 0.399 e. The molecular formula is C12H15FN4. The van der Waals surface area contributed by atoms with Gasteiger partial charge < -0.3 is 11.1 Å². The Hall–Kier alpha value is -2.04. The van der Waals surface area contributed by atoms with Gasteiger partial charge in [0.2, 0.25) is 0 Å². The minimum absolute atomic E-state index is 0.0769. The number of nitrogens with one attached hydrogen (secondary N) is 1. The summed E-state index contributed by atoms with van der Waals surface area (Å²) in [5, 5.41) is 7.18. The van der Waals surface area contributed by atoms with Crippen molar-refractivity contribution in [2.45, 2.75) is 19.5 Å². The molecule has 0 aliphatic carbocycles. The number of benzene rings is 1. The van der Waals surface area contributed by atoms with Crippen LogP contribution < -0.4 is 11.1 Å². The number of anilines is 2. The van der Waals surface area contributed by atoms with Crippen LogP contribution >= 0.6 is 0 Å². The molecule has 0 aliphatic rings. The monoisotopic (exact) mass is 234 g/mol. The summed E-state index contributed by atoms with van der Waals surface area (Å²) in [6, 6.07) is 6.56. The van der Waals surface area contributed by atoms with Crippen molar-refractivity contribution < 1.29 is 4.39 Å². The molecule has 0 bridgehead atoms. The molecule has 1 heterocycles. The van der Waals surface area contributed by atoms with Gasteiger partial charge in [0, 0.05) is 24.1 Å². The van der Waals surface area contributed by atoms with Crippen LogP contribution in [0.4, 0.5) is 15.8 Å². The minimum Gasteiger partial charge on any atom is -0.399 e. The summed E-state index contributed by atoms with van der Waals surface area (Å²) in [5.74, 6) is -0.336. The van der Waals surface area contributed by atoms with Gasteiger partial charge in [0.1, 0.15) is 5.82 Å². The molecule has 3 N–H and O–H groups in total. The Balaban J connectivity index is 2.00. The molecule has 17 heavy (non-hydrogen) atoms. The molecule has 0 amide bonds. The molecular weight excluding hydrogens is 219 g/mol. The van der Waals surface area contributed by atoms with Crippen molar-refractivity contribution >= 4 is 11.4 Å². The fraction of sp³-hybridized carbons (Fsp3) is 0.250. The van der Waals surface area contributed by atoms with E-state index in [4.69, 9.17) is 5.73 Å². The average molecular weight is 234 g/mol. The van der Waals surface area contributed by atoms with Gasteiger partial charge in [-0.2, -0.15) is 5.10 Å². The van der Waals surface area contributed by atoms with Crippen LogP contribution in [-0.2, 0) is 6.54 Å². The fourth-order valence-corrected chi connectivity index (χ4v) is 1.65. The summed E-state index contributed by atoms with van der Waals surface area (Å²) < 4.78 is 15.3. The van der Waals surface area contributed by atoms with Crippen LogP contribution in [0.1, 0.15) is 6.92 Å². The highest BCUT2D eigenvalue weighted by Crippen LogP contribution is 2.17. The number of nitrogens with two attached hydrogens (primary N) is 1.